The Morgan fingerprint density at radius 2 is 1.93 bits per heavy atom. The van der Waals surface area contributed by atoms with Crippen molar-refractivity contribution in [1.29, 1.82) is 0 Å². The molecular formula is C22H21N3O2. The Morgan fingerprint density at radius 3 is 2.63 bits per heavy atom. The van der Waals surface area contributed by atoms with Gasteiger partial charge in [0.1, 0.15) is 5.75 Å². The molecule has 4 rings (SSSR count). The maximum absolute atomic E-state index is 12.0. The molecule has 0 atom stereocenters. The Bertz CT molecular complexity index is 1180. The quantitative estimate of drug-likeness (QED) is 0.519. The highest BCUT2D eigenvalue weighted by Crippen LogP contribution is 2.44. The molecule has 0 radical (unpaired) electrons. The highest BCUT2D eigenvalue weighted by molar-refractivity contribution is 6.13. The standard InChI is InChI=1S/C22H21N3O2/c1-12(2)15-6-7-18-16(10-24-25-18)21(15)22-19(27-4)8-5-14-9-23-13(3)17(11-26)20(14)22/h5-12H,1-4H3,(H,24,25). The minimum Gasteiger partial charge on any atom is -0.496 e. The molecule has 0 fully saturated rings. The molecule has 0 amide bonds. The van der Waals surface area contributed by atoms with Crippen LogP contribution in [-0.4, -0.2) is 28.6 Å². The smallest absolute Gasteiger partial charge is 0.152 e. The van der Waals surface area contributed by atoms with E-state index in [0.29, 0.717) is 17.2 Å². The van der Waals surface area contributed by atoms with Crippen molar-refractivity contribution in [2.75, 3.05) is 7.11 Å². The molecule has 136 valence electrons. The minimum absolute atomic E-state index is 0.293. The number of rotatable bonds is 4. The molecule has 1 N–H and O–H groups in total. The number of H-pyrrole nitrogens is 1. The summed E-state index contributed by atoms with van der Waals surface area (Å²) in [5.74, 6) is 1.02. The number of carbonyl (C=O) groups excluding carboxylic acids is 1. The van der Waals surface area contributed by atoms with Crippen LogP contribution in [0.25, 0.3) is 32.8 Å². The summed E-state index contributed by atoms with van der Waals surface area (Å²) in [5, 5.41) is 10.1. The van der Waals surface area contributed by atoms with Crippen LogP contribution >= 0.6 is 0 Å². The number of pyridine rings is 1. The second kappa shape index (κ2) is 6.50. The summed E-state index contributed by atoms with van der Waals surface area (Å²) in [6, 6.07) is 8.05. The van der Waals surface area contributed by atoms with E-state index in [1.165, 1.54) is 5.56 Å². The van der Waals surface area contributed by atoms with Crippen LogP contribution in [0.5, 0.6) is 5.75 Å². The fraction of sp³-hybridized carbons (Fsp3) is 0.227. The van der Waals surface area contributed by atoms with Crippen molar-refractivity contribution in [3.8, 4) is 16.9 Å². The van der Waals surface area contributed by atoms with Crippen molar-refractivity contribution in [3.05, 3.63) is 53.5 Å². The van der Waals surface area contributed by atoms with E-state index >= 15 is 0 Å². The summed E-state index contributed by atoms with van der Waals surface area (Å²) in [4.78, 5) is 16.3. The lowest BCUT2D eigenvalue weighted by molar-refractivity contribution is 0.112. The van der Waals surface area contributed by atoms with Gasteiger partial charge in [-0.05, 0) is 36.6 Å². The molecule has 2 aromatic carbocycles. The number of benzene rings is 2. The summed E-state index contributed by atoms with van der Waals surface area (Å²) < 4.78 is 5.74. The SMILES string of the molecule is COc1ccc2cnc(C)c(C=O)c2c1-c1c(C(C)C)ccc2[nH]ncc12. The summed E-state index contributed by atoms with van der Waals surface area (Å²) in [7, 11) is 1.66. The van der Waals surface area contributed by atoms with E-state index in [0.717, 1.165) is 44.8 Å². The number of fused-ring (bicyclic) bond motifs is 2. The van der Waals surface area contributed by atoms with Crippen molar-refractivity contribution < 1.29 is 9.53 Å². The van der Waals surface area contributed by atoms with Gasteiger partial charge in [0.2, 0.25) is 0 Å². The monoisotopic (exact) mass is 359 g/mol. The van der Waals surface area contributed by atoms with Crippen LogP contribution in [0.3, 0.4) is 0 Å². The number of nitrogens with zero attached hydrogens (tertiary/aromatic N) is 2. The van der Waals surface area contributed by atoms with E-state index in [4.69, 9.17) is 4.74 Å². The van der Waals surface area contributed by atoms with E-state index < -0.39 is 0 Å². The van der Waals surface area contributed by atoms with E-state index in [-0.39, 0.29) is 0 Å². The first-order valence-electron chi connectivity index (χ1n) is 8.94. The van der Waals surface area contributed by atoms with Crippen molar-refractivity contribution >= 4 is 28.0 Å². The Kier molecular flexibility index (Phi) is 4.15. The van der Waals surface area contributed by atoms with Crippen molar-refractivity contribution in [2.24, 2.45) is 0 Å². The van der Waals surface area contributed by atoms with Crippen molar-refractivity contribution in [1.82, 2.24) is 15.2 Å². The third-order valence-electron chi connectivity index (χ3n) is 5.12. The van der Waals surface area contributed by atoms with Crippen LogP contribution in [0.4, 0.5) is 0 Å². The van der Waals surface area contributed by atoms with Gasteiger partial charge in [-0.3, -0.25) is 14.9 Å². The average Bonchev–Trinajstić information content (AvgIpc) is 3.15. The molecule has 27 heavy (non-hydrogen) atoms. The van der Waals surface area contributed by atoms with Crippen molar-refractivity contribution in [2.45, 2.75) is 26.7 Å². The molecule has 0 aliphatic rings. The fourth-order valence-electron chi connectivity index (χ4n) is 3.77. The van der Waals surface area contributed by atoms with Crippen LogP contribution in [0.15, 0.2) is 36.7 Å². The van der Waals surface area contributed by atoms with E-state index in [9.17, 15) is 4.79 Å². The molecule has 5 heteroatoms. The number of nitrogens with one attached hydrogen (secondary N) is 1. The van der Waals surface area contributed by atoms with Crippen LogP contribution < -0.4 is 4.74 Å². The zero-order valence-electron chi connectivity index (χ0n) is 15.8. The molecule has 4 aromatic rings. The van der Waals surface area contributed by atoms with E-state index in [2.05, 4.69) is 35.1 Å². The van der Waals surface area contributed by atoms with Gasteiger partial charge in [0, 0.05) is 44.7 Å². The van der Waals surface area contributed by atoms with Gasteiger partial charge in [0.15, 0.2) is 6.29 Å². The number of methoxy groups -OCH3 is 1. The molecule has 5 nitrogen and oxygen atoms in total. The van der Waals surface area contributed by atoms with Gasteiger partial charge in [-0.25, -0.2) is 0 Å². The first kappa shape index (κ1) is 17.2. The number of ether oxygens (including phenoxy) is 1. The van der Waals surface area contributed by atoms with Gasteiger partial charge in [-0.2, -0.15) is 5.10 Å². The Hall–Kier alpha value is -3.21. The summed E-state index contributed by atoms with van der Waals surface area (Å²) in [6.45, 7) is 6.18. The molecule has 0 bridgehead atoms. The topological polar surface area (TPSA) is 67.9 Å². The molecule has 2 aromatic heterocycles. The fourth-order valence-corrected chi connectivity index (χ4v) is 3.77. The molecule has 0 spiro atoms. The lowest BCUT2D eigenvalue weighted by atomic mass is 9.86. The first-order valence-corrected chi connectivity index (χ1v) is 8.94. The van der Waals surface area contributed by atoms with Gasteiger partial charge in [0.05, 0.1) is 18.8 Å². The molecule has 2 heterocycles. The highest BCUT2D eigenvalue weighted by atomic mass is 16.5. The van der Waals surface area contributed by atoms with Crippen LogP contribution in [-0.2, 0) is 0 Å². The van der Waals surface area contributed by atoms with Crippen LogP contribution in [0.2, 0.25) is 0 Å². The van der Waals surface area contributed by atoms with Gasteiger partial charge in [0.25, 0.3) is 0 Å². The van der Waals surface area contributed by atoms with Crippen LogP contribution in [0, 0.1) is 6.92 Å². The maximum atomic E-state index is 12.0. The number of aromatic nitrogens is 3. The molecule has 0 saturated heterocycles. The second-order valence-corrected chi connectivity index (χ2v) is 7.00. The van der Waals surface area contributed by atoms with E-state index in [1.54, 1.807) is 7.11 Å². The molecule has 0 saturated carbocycles. The van der Waals surface area contributed by atoms with Gasteiger partial charge in [-0.15, -0.1) is 0 Å². The number of carbonyl (C=O) groups is 1. The first-order chi connectivity index (χ1) is 13.1. The molecule has 0 aliphatic heterocycles. The third kappa shape index (κ3) is 2.58. The summed E-state index contributed by atoms with van der Waals surface area (Å²) in [5.41, 5.74) is 5.40. The van der Waals surface area contributed by atoms with Crippen molar-refractivity contribution in [3.63, 3.8) is 0 Å². The second-order valence-electron chi connectivity index (χ2n) is 7.00. The minimum atomic E-state index is 0.293. The Labute approximate surface area is 157 Å². The molecule has 0 unspecified atom stereocenters. The predicted molar refractivity (Wildman–Crippen MR) is 108 cm³/mol. The highest BCUT2D eigenvalue weighted by Gasteiger charge is 2.22. The number of aldehydes is 1. The average molecular weight is 359 g/mol. The zero-order chi connectivity index (χ0) is 19.1. The van der Waals surface area contributed by atoms with Gasteiger partial charge in [-0.1, -0.05) is 19.9 Å². The number of aromatic amines is 1. The van der Waals surface area contributed by atoms with Gasteiger partial charge >= 0.3 is 0 Å². The Balaban J connectivity index is 2.28. The molecular weight excluding hydrogens is 338 g/mol. The van der Waals surface area contributed by atoms with E-state index in [1.807, 2.05) is 37.5 Å². The normalized spacial score (nSPS) is 11.4. The lowest BCUT2D eigenvalue weighted by Gasteiger charge is -2.20. The lowest BCUT2D eigenvalue weighted by Crippen LogP contribution is -2.00. The van der Waals surface area contributed by atoms with Crippen LogP contribution in [0.1, 0.15) is 41.4 Å². The number of aryl methyl sites for hydroxylation is 1. The number of hydrogen-bond donors (Lipinski definition) is 1. The molecule has 0 aliphatic carbocycles. The Morgan fingerprint density at radius 1 is 1.11 bits per heavy atom. The summed E-state index contributed by atoms with van der Waals surface area (Å²) in [6.07, 6.45) is 4.53. The van der Waals surface area contributed by atoms with Gasteiger partial charge < -0.3 is 4.74 Å². The largest absolute Gasteiger partial charge is 0.496 e. The predicted octanol–water partition coefficient (Wildman–Crippen LogP) is 5.03. The number of hydrogen-bond acceptors (Lipinski definition) is 4. The maximum Gasteiger partial charge on any atom is 0.152 e. The summed E-state index contributed by atoms with van der Waals surface area (Å²) >= 11 is 0. The zero-order valence-corrected chi connectivity index (χ0v) is 15.8. The third-order valence-corrected chi connectivity index (χ3v) is 5.12.